The number of piperidine rings is 1. The molecule has 2 aliphatic heterocycles. The number of hydrogen-bond donors (Lipinski definition) is 2. The summed E-state index contributed by atoms with van der Waals surface area (Å²) < 4.78 is 0. The fourth-order valence-corrected chi connectivity index (χ4v) is 3.73. The predicted molar refractivity (Wildman–Crippen MR) is 92.8 cm³/mol. The van der Waals surface area contributed by atoms with Gasteiger partial charge in [0.2, 0.25) is 5.91 Å². The van der Waals surface area contributed by atoms with Crippen molar-refractivity contribution in [2.75, 3.05) is 31.1 Å². The van der Waals surface area contributed by atoms with Gasteiger partial charge < -0.3 is 15.5 Å². The van der Waals surface area contributed by atoms with E-state index in [1.807, 2.05) is 12.1 Å². The van der Waals surface area contributed by atoms with Crippen LogP contribution in [0.1, 0.15) is 32.1 Å². The molecule has 0 aromatic carbocycles. The molecule has 1 amide bonds. The van der Waals surface area contributed by atoms with E-state index in [0.29, 0.717) is 17.4 Å². The third-order valence-corrected chi connectivity index (χ3v) is 5.13. The third-order valence-electron chi connectivity index (χ3n) is 4.83. The lowest BCUT2D eigenvalue weighted by molar-refractivity contribution is -0.122. The monoisotopic (exact) mass is 336 g/mol. The van der Waals surface area contributed by atoms with Crippen LogP contribution in [0.2, 0.25) is 5.02 Å². The summed E-state index contributed by atoms with van der Waals surface area (Å²) in [6, 6.07) is 3.89. The molecule has 126 valence electrons. The topological polar surface area (TPSA) is 57.3 Å². The zero-order valence-corrected chi connectivity index (χ0v) is 14.2. The molecule has 0 radical (unpaired) electrons. The van der Waals surface area contributed by atoms with Crippen molar-refractivity contribution in [1.29, 1.82) is 0 Å². The molecule has 1 atom stereocenters. The van der Waals surface area contributed by atoms with Gasteiger partial charge in [-0.3, -0.25) is 4.79 Å². The van der Waals surface area contributed by atoms with E-state index in [1.165, 1.54) is 12.8 Å². The molecule has 0 saturated carbocycles. The lowest BCUT2D eigenvalue weighted by Crippen LogP contribution is -2.37. The van der Waals surface area contributed by atoms with Crippen LogP contribution in [-0.2, 0) is 4.79 Å². The average molecular weight is 337 g/mol. The highest BCUT2D eigenvalue weighted by Crippen LogP contribution is 2.26. The highest BCUT2D eigenvalue weighted by atomic mass is 35.5. The molecule has 0 spiro atoms. The zero-order valence-electron chi connectivity index (χ0n) is 13.4. The maximum atomic E-state index is 12.2. The Balaban J connectivity index is 1.42. The molecule has 0 bridgehead atoms. The number of carbonyl (C=O) groups excluding carboxylic acids is 1. The van der Waals surface area contributed by atoms with Gasteiger partial charge >= 0.3 is 0 Å². The molecule has 0 aliphatic carbocycles. The van der Waals surface area contributed by atoms with Crippen molar-refractivity contribution in [3.8, 4) is 0 Å². The van der Waals surface area contributed by atoms with E-state index < -0.39 is 0 Å². The lowest BCUT2D eigenvalue weighted by atomic mass is 9.93. The van der Waals surface area contributed by atoms with Gasteiger partial charge in [-0.15, -0.1) is 0 Å². The molecule has 1 unspecified atom stereocenters. The molecule has 2 N–H and O–H groups in total. The van der Waals surface area contributed by atoms with Gasteiger partial charge in [-0.1, -0.05) is 11.6 Å². The number of hydrogen-bond acceptors (Lipinski definition) is 4. The van der Waals surface area contributed by atoms with Crippen molar-refractivity contribution >= 4 is 23.3 Å². The molecular weight excluding hydrogens is 312 g/mol. The van der Waals surface area contributed by atoms with Crippen LogP contribution in [0.5, 0.6) is 0 Å². The van der Waals surface area contributed by atoms with Gasteiger partial charge in [0.25, 0.3) is 0 Å². The Morgan fingerprint density at radius 3 is 3.00 bits per heavy atom. The van der Waals surface area contributed by atoms with Crippen LogP contribution in [0, 0.1) is 5.92 Å². The van der Waals surface area contributed by atoms with Crippen LogP contribution in [0.4, 0.5) is 5.82 Å². The molecule has 1 aromatic rings. The summed E-state index contributed by atoms with van der Waals surface area (Å²) in [5.41, 5.74) is 0. The van der Waals surface area contributed by atoms with Crippen molar-refractivity contribution in [2.24, 2.45) is 5.92 Å². The van der Waals surface area contributed by atoms with Crippen LogP contribution in [0.15, 0.2) is 18.3 Å². The Morgan fingerprint density at radius 2 is 2.22 bits per heavy atom. The number of pyridine rings is 1. The summed E-state index contributed by atoms with van der Waals surface area (Å²) in [5.74, 6) is 1.71. The Kier molecular flexibility index (Phi) is 5.73. The summed E-state index contributed by atoms with van der Waals surface area (Å²) in [5, 5.41) is 7.21. The van der Waals surface area contributed by atoms with Crippen LogP contribution in [0.25, 0.3) is 0 Å². The van der Waals surface area contributed by atoms with E-state index in [-0.39, 0.29) is 11.9 Å². The predicted octanol–water partition coefficient (Wildman–Crippen LogP) is 2.21. The fraction of sp³-hybridized carbons (Fsp3) is 0.647. The summed E-state index contributed by atoms with van der Waals surface area (Å²) in [4.78, 5) is 18.7. The minimum Gasteiger partial charge on any atom is -0.353 e. The first kappa shape index (κ1) is 16.5. The minimum absolute atomic E-state index is 0.183. The Bertz CT molecular complexity index is 533. The summed E-state index contributed by atoms with van der Waals surface area (Å²) >= 11 is 6.20. The molecule has 3 heterocycles. The third kappa shape index (κ3) is 4.58. The number of aromatic nitrogens is 1. The lowest BCUT2D eigenvalue weighted by Gasteiger charge is -2.22. The van der Waals surface area contributed by atoms with Gasteiger partial charge in [0.05, 0.1) is 5.02 Å². The van der Waals surface area contributed by atoms with Crippen LogP contribution in [0.3, 0.4) is 0 Å². The van der Waals surface area contributed by atoms with E-state index in [0.717, 1.165) is 44.8 Å². The van der Waals surface area contributed by atoms with E-state index in [2.05, 4.69) is 20.5 Å². The quantitative estimate of drug-likeness (QED) is 0.865. The SMILES string of the molecule is O=C(CCC1CCNCC1)NC1CCN(c2ncccc2Cl)C1. The number of halogens is 1. The maximum absolute atomic E-state index is 12.2. The normalized spacial score (nSPS) is 22.3. The van der Waals surface area contributed by atoms with Crippen molar-refractivity contribution in [3.63, 3.8) is 0 Å². The van der Waals surface area contributed by atoms with E-state index in [1.54, 1.807) is 6.20 Å². The van der Waals surface area contributed by atoms with Gasteiger partial charge in [0.15, 0.2) is 0 Å². The molecule has 2 saturated heterocycles. The molecule has 2 fully saturated rings. The number of amides is 1. The Morgan fingerprint density at radius 1 is 1.39 bits per heavy atom. The largest absolute Gasteiger partial charge is 0.353 e. The molecule has 5 nitrogen and oxygen atoms in total. The first-order valence-electron chi connectivity index (χ1n) is 8.58. The highest BCUT2D eigenvalue weighted by Gasteiger charge is 2.26. The first-order valence-corrected chi connectivity index (χ1v) is 8.95. The van der Waals surface area contributed by atoms with Crippen molar-refractivity contribution in [3.05, 3.63) is 23.4 Å². The summed E-state index contributed by atoms with van der Waals surface area (Å²) in [7, 11) is 0. The number of nitrogens with one attached hydrogen (secondary N) is 2. The van der Waals surface area contributed by atoms with E-state index in [9.17, 15) is 4.79 Å². The second-order valence-corrected chi connectivity index (χ2v) is 6.95. The van der Waals surface area contributed by atoms with Gasteiger partial charge in [-0.2, -0.15) is 0 Å². The standard InChI is InChI=1S/C17H25ClN4O/c18-15-2-1-8-20-17(15)22-11-7-14(12-22)21-16(23)4-3-13-5-9-19-10-6-13/h1-2,8,13-14,19H,3-7,9-12H2,(H,21,23). The molecule has 2 aliphatic rings. The van der Waals surface area contributed by atoms with Gasteiger partial charge in [-0.05, 0) is 56.8 Å². The second kappa shape index (κ2) is 7.97. The van der Waals surface area contributed by atoms with E-state index >= 15 is 0 Å². The van der Waals surface area contributed by atoms with Crippen LogP contribution >= 0.6 is 11.6 Å². The van der Waals surface area contributed by atoms with Crippen molar-refractivity contribution < 1.29 is 4.79 Å². The van der Waals surface area contributed by atoms with Gasteiger partial charge in [-0.25, -0.2) is 4.98 Å². The Labute approximate surface area is 142 Å². The van der Waals surface area contributed by atoms with Crippen LogP contribution in [-0.4, -0.2) is 43.1 Å². The van der Waals surface area contributed by atoms with Gasteiger partial charge in [0, 0.05) is 31.7 Å². The molecule has 1 aromatic heterocycles. The summed E-state index contributed by atoms with van der Waals surface area (Å²) in [6.45, 7) is 3.86. The molecule has 3 rings (SSSR count). The van der Waals surface area contributed by atoms with Crippen LogP contribution < -0.4 is 15.5 Å². The first-order chi connectivity index (χ1) is 11.2. The number of rotatable bonds is 5. The van der Waals surface area contributed by atoms with E-state index in [4.69, 9.17) is 11.6 Å². The molecule has 6 heteroatoms. The number of nitrogens with zero attached hydrogens (tertiary/aromatic N) is 2. The Hall–Kier alpha value is -1.33. The number of carbonyl (C=O) groups is 1. The summed E-state index contributed by atoms with van der Waals surface area (Å²) in [6.07, 6.45) is 6.75. The van der Waals surface area contributed by atoms with Gasteiger partial charge in [0.1, 0.15) is 5.82 Å². The highest BCUT2D eigenvalue weighted by molar-refractivity contribution is 6.32. The zero-order chi connectivity index (χ0) is 16.1. The molecular formula is C17H25ClN4O. The van der Waals surface area contributed by atoms with Crippen molar-refractivity contribution in [1.82, 2.24) is 15.6 Å². The number of anilines is 1. The van der Waals surface area contributed by atoms with Crippen molar-refractivity contribution in [2.45, 2.75) is 38.1 Å². The fourth-order valence-electron chi connectivity index (χ4n) is 3.49. The maximum Gasteiger partial charge on any atom is 0.220 e. The smallest absolute Gasteiger partial charge is 0.220 e. The minimum atomic E-state index is 0.183. The molecule has 23 heavy (non-hydrogen) atoms. The average Bonchev–Trinajstić information content (AvgIpc) is 3.02. The second-order valence-electron chi connectivity index (χ2n) is 6.54.